The standard InChI is InChI=1S/C19H19NO6S/c1-24-17-6-3-13(11-18(17)25-2)9-10-20-27(22,23)15-5-7-16-14(12-15)4-8-19(21)26-16/h3-8,11-12,20H,9-10H2,1-2H3. The van der Waals surface area contributed by atoms with Crippen LogP contribution in [0.2, 0.25) is 0 Å². The van der Waals surface area contributed by atoms with Gasteiger partial charge in [-0.05, 0) is 48.4 Å². The largest absolute Gasteiger partial charge is 0.493 e. The van der Waals surface area contributed by atoms with Crippen LogP contribution >= 0.6 is 0 Å². The van der Waals surface area contributed by atoms with Gasteiger partial charge in [-0.2, -0.15) is 0 Å². The molecule has 0 saturated carbocycles. The Hall–Kier alpha value is -2.84. The van der Waals surface area contributed by atoms with Crippen molar-refractivity contribution >= 4 is 21.0 Å². The summed E-state index contributed by atoms with van der Waals surface area (Å²) in [5.74, 6) is 1.21. The highest BCUT2D eigenvalue weighted by Gasteiger charge is 2.15. The molecular formula is C19H19NO6S. The van der Waals surface area contributed by atoms with Gasteiger partial charge in [-0.1, -0.05) is 6.07 Å². The van der Waals surface area contributed by atoms with E-state index in [9.17, 15) is 13.2 Å². The number of rotatable bonds is 7. The summed E-state index contributed by atoms with van der Waals surface area (Å²) in [4.78, 5) is 11.3. The third-order valence-electron chi connectivity index (χ3n) is 4.05. The van der Waals surface area contributed by atoms with Crippen LogP contribution in [0.1, 0.15) is 5.56 Å². The van der Waals surface area contributed by atoms with Crippen LogP contribution in [-0.2, 0) is 16.4 Å². The van der Waals surface area contributed by atoms with Gasteiger partial charge in [-0.25, -0.2) is 17.9 Å². The summed E-state index contributed by atoms with van der Waals surface area (Å²) in [5, 5.41) is 0.539. The molecule has 0 atom stereocenters. The van der Waals surface area contributed by atoms with Crippen molar-refractivity contribution in [3.63, 3.8) is 0 Å². The van der Waals surface area contributed by atoms with Crippen molar-refractivity contribution in [1.82, 2.24) is 4.72 Å². The van der Waals surface area contributed by atoms with E-state index in [4.69, 9.17) is 13.9 Å². The second kappa shape index (κ2) is 7.81. The predicted molar refractivity (Wildman–Crippen MR) is 101 cm³/mol. The molecule has 27 heavy (non-hydrogen) atoms. The van der Waals surface area contributed by atoms with Gasteiger partial charge in [0.15, 0.2) is 11.5 Å². The molecule has 0 aliphatic carbocycles. The summed E-state index contributed by atoms with van der Waals surface area (Å²) in [7, 11) is -0.583. The molecule has 0 aliphatic rings. The number of hydrogen-bond donors (Lipinski definition) is 1. The third kappa shape index (κ3) is 4.29. The Kier molecular flexibility index (Phi) is 5.48. The monoisotopic (exact) mass is 389 g/mol. The van der Waals surface area contributed by atoms with Crippen LogP contribution in [0.5, 0.6) is 11.5 Å². The van der Waals surface area contributed by atoms with Gasteiger partial charge in [0.1, 0.15) is 5.58 Å². The fraction of sp³-hybridized carbons (Fsp3) is 0.211. The molecule has 0 amide bonds. The van der Waals surface area contributed by atoms with E-state index in [-0.39, 0.29) is 11.4 Å². The Labute approximate surface area is 156 Å². The zero-order valence-corrected chi connectivity index (χ0v) is 15.7. The van der Waals surface area contributed by atoms with Crippen LogP contribution < -0.4 is 19.8 Å². The fourth-order valence-corrected chi connectivity index (χ4v) is 3.73. The average molecular weight is 389 g/mol. The molecule has 3 aromatic rings. The quantitative estimate of drug-likeness (QED) is 0.623. The Morgan fingerprint density at radius 3 is 2.48 bits per heavy atom. The highest BCUT2D eigenvalue weighted by molar-refractivity contribution is 7.89. The minimum Gasteiger partial charge on any atom is -0.493 e. The molecule has 2 aromatic carbocycles. The van der Waals surface area contributed by atoms with E-state index in [0.29, 0.717) is 28.9 Å². The van der Waals surface area contributed by atoms with Crippen molar-refractivity contribution in [2.75, 3.05) is 20.8 Å². The number of methoxy groups -OCH3 is 2. The lowest BCUT2D eigenvalue weighted by Gasteiger charge is -2.10. The molecule has 0 bridgehead atoms. The van der Waals surface area contributed by atoms with E-state index < -0.39 is 15.6 Å². The molecule has 142 valence electrons. The number of benzene rings is 2. The Bertz CT molecular complexity index is 1120. The van der Waals surface area contributed by atoms with Crippen LogP contribution in [0.15, 0.2) is 62.6 Å². The normalized spacial score (nSPS) is 11.5. The zero-order valence-electron chi connectivity index (χ0n) is 14.9. The molecule has 1 N–H and O–H groups in total. The molecule has 1 aromatic heterocycles. The Balaban J connectivity index is 1.72. The number of ether oxygens (including phenoxy) is 2. The van der Waals surface area contributed by atoms with Gasteiger partial charge in [0.05, 0.1) is 19.1 Å². The van der Waals surface area contributed by atoms with Crippen molar-refractivity contribution in [2.24, 2.45) is 0 Å². The van der Waals surface area contributed by atoms with Gasteiger partial charge in [0.25, 0.3) is 0 Å². The average Bonchev–Trinajstić information content (AvgIpc) is 2.67. The third-order valence-corrected chi connectivity index (χ3v) is 5.51. The van der Waals surface area contributed by atoms with Crippen molar-refractivity contribution < 1.29 is 22.3 Å². The van der Waals surface area contributed by atoms with E-state index in [1.807, 2.05) is 12.1 Å². The number of nitrogens with one attached hydrogen (secondary N) is 1. The van der Waals surface area contributed by atoms with Gasteiger partial charge in [0.2, 0.25) is 10.0 Å². The Morgan fingerprint density at radius 2 is 1.74 bits per heavy atom. The maximum atomic E-state index is 12.5. The number of hydrogen-bond acceptors (Lipinski definition) is 6. The summed E-state index contributed by atoms with van der Waals surface area (Å²) >= 11 is 0. The first-order chi connectivity index (χ1) is 12.9. The van der Waals surface area contributed by atoms with E-state index >= 15 is 0 Å². The lowest BCUT2D eigenvalue weighted by atomic mass is 10.1. The summed E-state index contributed by atoms with van der Waals surface area (Å²) in [6.07, 6.45) is 0.488. The molecule has 1 heterocycles. The smallest absolute Gasteiger partial charge is 0.336 e. The van der Waals surface area contributed by atoms with Crippen LogP contribution in [0.3, 0.4) is 0 Å². The van der Waals surface area contributed by atoms with Crippen molar-refractivity contribution in [3.05, 3.63) is 64.5 Å². The van der Waals surface area contributed by atoms with E-state index in [0.717, 1.165) is 5.56 Å². The molecule has 7 nitrogen and oxygen atoms in total. The minimum absolute atomic E-state index is 0.108. The molecule has 0 unspecified atom stereocenters. The minimum atomic E-state index is -3.69. The van der Waals surface area contributed by atoms with Crippen molar-refractivity contribution in [2.45, 2.75) is 11.3 Å². The lowest BCUT2D eigenvalue weighted by molar-refractivity contribution is 0.354. The van der Waals surface area contributed by atoms with Gasteiger partial charge < -0.3 is 13.9 Å². The number of sulfonamides is 1. The first-order valence-corrected chi connectivity index (χ1v) is 9.66. The molecule has 0 aliphatic heterocycles. The van der Waals surface area contributed by atoms with Crippen molar-refractivity contribution in [3.8, 4) is 11.5 Å². The molecule has 0 fully saturated rings. The molecule has 0 spiro atoms. The Morgan fingerprint density at radius 1 is 0.963 bits per heavy atom. The predicted octanol–water partition coefficient (Wildman–Crippen LogP) is 2.33. The first-order valence-electron chi connectivity index (χ1n) is 8.17. The summed E-state index contributed by atoms with van der Waals surface area (Å²) in [6, 6.07) is 12.6. The van der Waals surface area contributed by atoms with Crippen LogP contribution in [0.4, 0.5) is 0 Å². The molecule has 0 radical (unpaired) electrons. The summed E-state index contributed by atoms with van der Waals surface area (Å²) < 4.78 is 43.0. The topological polar surface area (TPSA) is 94.8 Å². The second-order valence-electron chi connectivity index (χ2n) is 5.79. The van der Waals surface area contributed by atoms with Crippen LogP contribution in [0, 0.1) is 0 Å². The maximum absolute atomic E-state index is 12.5. The molecule has 3 rings (SSSR count). The first kappa shape index (κ1) is 18.9. The molecule has 0 saturated heterocycles. The SMILES string of the molecule is COc1ccc(CCNS(=O)(=O)c2ccc3oc(=O)ccc3c2)cc1OC. The number of fused-ring (bicyclic) bond motifs is 1. The van der Waals surface area contributed by atoms with Gasteiger partial charge in [-0.3, -0.25) is 0 Å². The van der Waals surface area contributed by atoms with Crippen molar-refractivity contribution in [1.29, 1.82) is 0 Å². The van der Waals surface area contributed by atoms with E-state index in [1.54, 1.807) is 20.3 Å². The lowest BCUT2D eigenvalue weighted by Crippen LogP contribution is -2.26. The fourth-order valence-electron chi connectivity index (χ4n) is 2.67. The van der Waals surface area contributed by atoms with Crippen LogP contribution in [-0.4, -0.2) is 29.2 Å². The van der Waals surface area contributed by atoms with Gasteiger partial charge in [-0.15, -0.1) is 0 Å². The summed E-state index contributed by atoms with van der Waals surface area (Å²) in [6.45, 7) is 0.222. The van der Waals surface area contributed by atoms with E-state index in [1.165, 1.54) is 30.3 Å². The highest BCUT2D eigenvalue weighted by atomic mass is 32.2. The van der Waals surface area contributed by atoms with Crippen LogP contribution in [0.25, 0.3) is 11.0 Å². The van der Waals surface area contributed by atoms with E-state index in [2.05, 4.69) is 4.72 Å². The zero-order chi connectivity index (χ0) is 19.4. The molecule has 8 heteroatoms. The second-order valence-corrected chi connectivity index (χ2v) is 7.56. The highest BCUT2D eigenvalue weighted by Crippen LogP contribution is 2.27. The maximum Gasteiger partial charge on any atom is 0.336 e. The van der Waals surface area contributed by atoms with Gasteiger partial charge >= 0.3 is 5.63 Å². The summed E-state index contributed by atoms with van der Waals surface area (Å²) in [5.41, 5.74) is 0.772. The molecular weight excluding hydrogens is 370 g/mol. The van der Waals surface area contributed by atoms with Gasteiger partial charge in [0, 0.05) is 18.0 Å².